The van der Waals surface area contributed by atoms with Crippen LogP contribution in [0.2, 0.25) is 5.02 Å². The lowest BCUT2D eigenvalue weighted by Gasteiger charge is -2.22. The summed E-state index contributed by atoms with van der Waals surface area (Å²) in [6, 6.07) is 11.9. The van der Waals surface area contributed by atoms with E-state index in [9.17, 15) is 14.7 Å². The van der Waals surface area contributed by atoms with Crippen molar-refractivity contribution < 1.29 is 24.2 Å². The number of carboxylic acid groups (broad SMARTS) is 1. The van der Waals surface area contributed by atoms with E-state index in [1.165, 1.54) is 4.90 Å². The van der Waals surface area contributed by atoms with Crippen molar-refractivity contribution >= 4 is 57.9 Å². The van der Waals surface area contributed by atoms with E-state index in [1.54, 1.807) is 24.3 Å². The zero-order valence-electron chi connectivity index (χ0n) is 19.0. The molecule has 1 fully saturated rings. The summed E-state index contributed by atoms with van der Waals surface area (Å²) in [4.78, 5) is 26.4. The van der Waals surface area contributed by atoms with Crippen molar-refractivity contribution in [3.8, 4) is 11.5 Å². The van der Waals surface area contributed by atoms with E-state index < -0.39 is 17.9 Å². The Labute approximate surface area is 213 Å². The summed E-state index contributed by atoms with van der Waals surface area (Å²) in [5.41, 5.74) is 1.57. The van der Waals surface area contributed by atoms with Gasteiger partial charge in [0.15, 0.2) is 11.5 Å². The van der Waals surface area contributed by atoms with E-state index in [-0.39, 0.29) is 10.9 Å². The first-order valence-corrected chi connectivity index (χ1v) is 12.6. The summed E-state index contributed by atoms with van der Waals surface area (Å²) in [5.74, 6) is -0.359. The molecule has 1 aliphatic heterocycles. The van der Waals surface area contributed by atoms with Gasteiger partial charge in [-0.05, 0) is 43.2 Å². The predicted molar refractivity (Wildman–Crippen MR) is 139 cm³/mol. The number of carboxylic acids is 1. The van der Waals surface area contributed by atoms with Gasteiger partial charge in [0.2, 0.25) is 0 Å². The van der Waals surface area contributed by atoms with Crippen molar-refractivity contribution in [2.24, 2.45) is 0 Å². The standard InChI is InChI=1S/C25H26ClNO5S2/c1-3-5-10-19(24(29)30)27-23(28)22(34-25(27)33)14-16-11-12-20(21(13-16)31-4-2)32-15-17-8-6-7-9-18(17)26/h6-9,11-14,19H,3-5,10,15H2,1-2H3,(H,29,30)/b22-14-. The van der Waals surface area contributed by atoms with Crippen LogP contribution in [-0.4, -0.2) is 38.9 Å². The zero-order chi connectivity index (χ0) is 24.7. The van der Waals surface area contributed by atoms with Crippen molar-refractivity contribution in [1.82, 2.24) is 4.90 Å². The number of nitrogens with zero attached hydrogens (tertiary/aromatic N) is 1. The molecular weight excluding hydrogens is 494 g/mol. The number of carbonyl (C=O) groups is 2. The average Bonchev–Trinajstić information content (AvgIpc) is 3.07. The van der Waals surface area contributed by atoms with Crippen molar-refractivity contribution in [2.75, 3.05) is 6.61 Å². The lowest BCUT2D eigenvalue weighted by atomic mass is 10.1. The second-order valence-electron chi connectivity index (χ2n) is 7.57. The third-order valence-corrected chi connectivity index (χ3v) is 6.86. The second kappa shape index (κ2) is 12.2. The third kappa shape index (κ3) is 6.31. The Morgan fingerprint density at radius 2 is 1.97 bits per heavy atom. The van der Waals surface area contributed by atoms with E-state index in [4.69, 9.17) is 33.3 Å². The van der Waals surface area contributed by atoms with E-state index in [1.807, 2.05) is 38.1 Å². The number of unbranched alkanes of at least 4 members (excludes halogenated alkanes) is 1. The Morgan fingerprint density at radius 1 is 1.21 bits per heavy atom. The molecule has 0 aliphatic carbocycles. The molecule has 2 aromatic rings. The molecule has 34 heavy (non-hydrogen) atoms. The van der Waals surface area contributed by atoms with Gasteiger partial charge in [-0.3, -0.25) is 9.69 Å². The molecule has 1 unspecified atom stereocenters. The molecule has 180 valence electrons. The van der Waals surface area contributed by atoms with Gasteiger partial charge in [0, 0.05) is 10.6 Å². The fourth-order valence-electron chi connectivity index (χ4n) is 3.43. The van der Waals surface area contributed by atoms with Gasteiger partial charge in [0.1, 0.15) is 17.0 Å². The molecule has 0 saturated carbocycles. The number of carbonyl (C=O) groups excluding carboxylic acids is 1. The highest BCUT2D eigenvalue weighted by Gasteiger charge is 2.40. The van der Waals surface area contributed by atoms with Crippen LogP contribution in [0.5, 0.6) is 11.5 Å². The summed E-state index contributed by atoms with van der Waals surface area (Å²) < 4.78 is 11.9. The summed E-state index contributed by atoms with van der Waals surface area (Å²) in [5, 5.41) is 10.2. The minimum absolute atomic E-state index is 0.254. The normalized spacial score (nSPS) is 15.6. The van der Waals surface area contributed by atoms with Crippen molar-refractivity contribution in [3.63, 3.8) is 0 Å². The van der Waals surface area contributed by atoms with Gasteiger partial charge in [-0.15, -0.1) is 0 Å². The van der Waals surface area contributed by atoms with Crippen LogP contribution < -0.4 is 9.47 Å². The van der Waals surface area contributed by atoms with E-state index in [0.29, 0.717) is 40.9 Å². The molecular formula is C25H26ClNO5S2. The first-order chi connectivity index (χ1) is 16.3. The Bertz CT molecular complexity index is 1100. The minimum atomic E-state index is -1.05. The number of hydrogen-bond donors (Lipinski definition) is 1. The zero-order valence-corrected chi connectivity index (χ0v) is 21.3. The number of benzene rings is 2. The van der Waals surface area contributed by atoms with Crippen LogP contribution in [0.15, 0.2) is 47.4 Å². The molecule has 1 aliphatic rings. The number of hydrogen-bond acceptors (Lipinski definition) is 6. The predicted octanol–water partition coefficient (Wildman–Crippen LogP) is 6.16. The largest absolute Gasteiger partial charge is 0.490 e. The Hall–Kier alpha value is -2.55. The van der Waals surface area contributed by atoms with Crippen molar-refractivity contribution in [2.45, 2.75) is 45.8 Å². The van der Waals surface area contributed by atoms with Crippen molar-refractivity contribution in [3.05, 3.63) is 63.5 Å². The number of ether oxygens (including phenoxy) is 2. The summed E-state index contributed by atoms with van der Waals surface area (Å²) >= 11 is 12.7. The van der Waals surface area contributed by atoms with E-state index in [0.717, 1.165) is 29.3 Å². The lowest BCUT2D eigenvalue weighted by Crippen LogP contribution is -2.43. The van der Waals surface area contributed by atoms with Crippen LogP contribution in [0.3, 0.4) is 0 Å². The maximum atomic E-state index is 13.0. The molecule has 0 bridgehead atoms. The SMILES string of the molecule is CCCCC(C(=O)O)N1C(=O)/C(=C/c2ccc(OCc3ccccc3Cl)c(OCC)c2)SC1=S. The van der Waals surface area contributed by atoms with Gasteiger partial charge in [-0.25, -0.2) is 4.79 Å². The van der Waals surface area contributed by atoms with Gasteiger partial charge < -0.3 is 14.6 Å². The summed E-state index contributed by atoms with van der Waals surface area (Å²) in [6.07, 6.45) is 3.58. The van der Waals surface area contributed by atoms with Crippen LogP contribution in [-0.2, 0) is 16.2 Å². The number of aliphatic carboxylic acids is 1. The first kappa shape index (κ1) is 26.1. The summed E-state index contributed by atoms with van der Waals surface area (Å²) in [6.45, 7) is 4.57. The fourth-order valence-corrected chi connectivity index (χ4v) is 4.98. The van der Waals surface area contributed by atoms with Crippen LogP contribution >= 0.6 is 35.6 Å². The number of thiocarbonyl (C=S) groups is 1. The van der Waals surface area contributed by atoms with Crippen LogP contribution in [0.4, 0.5) is 0 Å². The fraction of sp³-hybridized carbons (Fsp3) is 0.320. The topological polar surface area (TPSA) is 76.1 Å². The highest BCUT2D eigenvalue weighted by molar-refractivity contribution is 8.26. The molecule has 0 radical (unpaired) electrons. The highest BCUT2D eigenvalue weighted by Crippen LogP contribution is 2.37. The maximum Gasteiger partial charge on any atom is 0.326 e. The van der Waals surface area contributed by atoms with Gasteiger partial charge >= 0.3 is 5.97 Å². The average molecular weight is 520 g/mol. The molecule has 2 aromatic carbocycles. The molecule has 1 heterocycles. The number of halogens is 1. The quantitative estimate of drug-likeness (QED) is 0.281. The molecule has 1 amide bonds. The van der Waals surface area contributed by atoms with Crippen LogP contribution in [0.1, 0.15) is 44.2 Å². The Morgan fingerprint density at radius 3 is 2.65 bits per heavy atom. The molecule has 1 atom stereocenters. The molecule has 0 spiro atoms. The smallest absolute Gasteiger partial charge is 0.326 e. The van der Waals surface area contributed by atoms with Crippen LogP contribution in [0, 0.1) is 0 Å². The lowest BCUT2D eigenvalue weighted by molar-refractivity contribution is -0.145. The molecule has 3 rings (SSSR count). The highest BCUT2D eigenvalue weighted by atomic mass is 35.5. The Kier molecular flexibility index (Phi) is 9.38. The second-order valence-corrected chi connectivity index (χ2v) is 9.65. The van der Waals surface area contributed by atoms with Gasteiger partial charge in [-0.1, -0.05) is 79.6 Å². The number of rotatable bonds is 11. The molecule has 1 N–H and O–H groups in total. The Balaban J connectivity index is 1.81. The molecule has 9 heteroatoms. The number of amides is 1. The van der Waals surface area contributed by atoms with E-state index in [2.05, 4.69) is 0 Å². The van der Waals surface area contributed by atoms with Crippen molar-refractivity contribution in [1.29, 1.82) is 0 Å². The third-order valence-electron chi connectivity index (χ3n) is 5.16. The molecule has 0 aromatic heterocycles. The first-order valence-electron chi connectivity index (χ1n) is 11.0. The van der Waals surface area contributed by atoms with Gasteiger partial charge in [-0.2, -0.15) is 0 Å². The molecule has 1 saturated heterocycles. The number of thioether (sulfide) groups is 1. The van der Waals surface area contributed by atoms with Gasteiger partial charge in [0.25, 0.3) is 5.91 Å². The van der Waals surface area contributed by atoms with Crippen LogP contribution in [0.25, 0.3) is 6.08 Å². The monoisotopic (exact) mass is 519 g/mol. The summed E-state index contributed by atoms with van der Waals surface area (Å²) in [7, 11) is 0. The van der Waals surface area contributed by atoms with E-state index >= 15 is 0 Å². The van der Waals surface area contributed by atoms with Gasteiger partial charge in [0.05, 0.1) is 11.5 Å². The molecule has 6 nitrogen and oxygen atoms in total. The minimum Gasteiger partial charge on any atom is -0.490 e. The maximum absolute atomic E-state index is 13.0.